The molecule has 4 aliphatic rings. The highest BCUT2D eigenvalue weighted by Gasteiger charge is 2.54. The van der Waals surface area contributed by atoms with E-state index >= 15 is 0 Å². The van der Waals surface area contributed by atoms with Crippen LogP contribution in [0.3, 0.4) is 0 Å². The molecule has 3 aromatic carbocycles. The first-order valence-electron chi connectivity index (χ1n) is 15.2. The lowest BCUT2D eigenvalue weighted by Crippen LogP contribution is -2.48. The third kappa shape index (κ3) is 5.30. The van der Waals surface area contributed by atoms with E-state index in [9.17, 15) is 14.0 Å². The summed E-state index contributed by atoms with van der Waals surface area (Å²) in [6.45, 7) is 2.93. The highest BCUT2D eigenvalue weighted by atomic mass is 19.1. The zero-order chi connectivity index (χ0) is 31.9. The maximum atomic E-state index is 13.5. The van der Waals surface area contributed by atoms with Crippen molar-refractivity contribution in [3.8, 4) is 28.7 Å². The Bertz CT molecular complexity index is 1620. The highest BCUT2D eigenvalue weighted by molar-refractivity contribution is 5.79. The average Bonchev–Trinajstić information content (AvgIpc) is 3.70. The summed E-state index contributed by atoms with van der Waals surface area (Å²) in [6.07, 6.45) is -0.743. The number of carbonyl (C=O) groups excluding carboxylic acids is 2. The van der Waals surface area contributed by atoms with E-state index in [4.69, 9.17) is 33.2 Å². The Morgan fingerprint density at radius 1 is 0.870 bits per heavy atom. The second-order valence-electron chi connectivity index (χ2n) is 11.7. The van der Waals surface area contributed by atoms with Crippen molar-refractivity contribution in [1.29, 1.82) is 0 Å². The third-order valence-electron chi connectivity index (χ3n) is 9.34. The minimum atomic E-state index is -0.743. The molecule has 0 unspecified atom stereocenters. The second-order valence-corrected chi connectivity index (χ2v) is 11.7. The Kier molecular flexibility index (Phi) is 7.97. The van der Waals surface area contributed by atoms with Gasteiger partial charge in [0.1, 0.15) is 11.9 Å². The molecule has 0 amide bonds. The van der Waals surface area contributed by atoms with Crippen molar-refractivity contribution in [3.63, 3.8) is 0 Å². The van der Waals surface area contributed by atoms with Gasteiger partial charge in [-0.15, -0.1) is 0 Å². The van der Waals surface area contributed by atoms with Gasteiger partial charge in [0, 0.05) is 49.3 Å². The molecule has 3 aromatic rings. The van der Waals surface area contributed by atoms with E-state index in [0.717, 1.165) is 22.4 Å². The van der Waals surface area contributed by atoms with Crippen LogP contribution in [0.4, 0.5) is 10.1 Å². The molecular weight excluding hydrogens is 599 g/mol. The van der Waals surface area contributed by atoms with Crippen LogP contribution in [0.15, 0.2) is 48.5 Å². The van der Waals surface area contributed by atoms with Crippen LogP contribution in [0.1, 0.15) is 28.7 Å². The molecule has 2 fully saturated rings. The molecule has 0 radical (unpaired) electrons. The summed E-state index contributed by atoms with van der Waals surface area (Å²) >= 11 is 0. The van der Waals surface area contributed by atoms with Crippen molar-refractivity contribution in [2.45, 2.75) is 12.0 Å². The Balaban J connectivity index is 1.18. The van der Waals surface area contributed by atoms with Crippen LogP contribution in [0.25, 0.3) is 0 Å². The van der Waals surface area contributed by atoms with Gasteiger partial charge in [-0.3, -0.25) is 14.5 Å². The molecule has 0 N–H and O–H groups in total. The number of cyclic esters (lactones) is 1. The van der Waals surface area contributed by atoms with Gasteiger partial charge < -0.3 is 38.1 Å². The van der Waals surface area contributed by atoms with Gasteiger partial charge in [0.05, 0.1) is 40.4 Å². The summed E-state index contributed by atoms with van der Waals surface area (Å²) in [7, 11) is 4.61. The quantitative estimate of drug-likeness (QED) is 0.337. The standard InChI is InChI=1S/C34H35FN2O9/c1-40-27-12-19(13-28(41-2)33(27)42-3)30-22-14-25-26(45-18-44-25)15-23(22)32(24-17-43-34(39)31(24)30)46-29(38)16-36-8-10-37(11-9-36)21-6-4-20(35)5-7-21/h4-7,12-15,24,30-32H,8-11,16-18H2,1-3H3/t24-,30+,31-,32-/m0/s1. The number of benzene rings is 3. The largest absolute Gasteiger partial charge is 0.493 e. The van der Waals surface area contributed by atoms with Gasteiger partial charge in [-0.1, -0.05) is 0 Å². The molecule has 0 bridgehead atoms. The van der Waals surface area contributed by atoms with Crippen molar-refractivity contribution in [1.82, 2.24) is 4.90 Å². The number of fused-ring (bicyclic) bond motifs is 3. The molecule has 3 aliphatic heterocycles. The molecule has 11 nitrogen and oxygen atoms in total. The zero-order valence-corrected chi connectivity index (χ0v) is 25.8. The van der Waals surface area contributed by atoms with Gasteiger partial charge in [0.15, 0.2) is 23.0 Å². The predicted octanol–water partition coefficient (Wildman–Crippen LogP) is 3.92. The number of hydrogen-bond donors (Lipinski definition) is 0. The number of carbonyl (C=O) groups is 2. The van der Waals surface area contributed by atoms with Crippen molar-refractivity contribution < 1.29 is 47.1 Å². The van der Waals surface area contributed by atoms with E-state index < -0.39 is 29.8 Å². The van der Waals surface area contributed by atoms with Crippen LogP contribution >= 0.6 is 0 Å². The Morgan fingerprint density at radius 3 is 2.15 bits per heavy atom. The third-order valence-corrected chi connectivity index (χ3v) is 9.34. The van der Waals surface area contributed by atoms with Crippen molar-refractivity contribution in [2.75, 3.05) is 72.4 Å². The molecule has 46 heavy (non-hydrogen) atoms. The number of anilines is 1. The molecule has 7 rings (SSSR count). The predicted molar refractivity (Wildman–Crippen MR) is 162 cm³/mol. The van der Waals surface area contributed by atoms with E-state index in [2.05, 4.69) is 4.90 Å². The summed E-state index contributed by atoms with van der Waals surface area (Å²) in [6, 6.07) is 13.8. The van der Waals surface area contributed by atoms with Crippen molar-refractivity contribution in [3.05, 3.63) is 71.0 Å². The fourth-order valence-electron chi connectivity index (χ4n) is 7.12. The van der Waals surface area contributed by atoms with E-state index in [-0.39, 0.29) is 31.7 Å². The smallest absolute Gasteiger partial charge is 0.320 e. The van der Waals surface area contributed by atoms with Crippen molar-refractivity contribution >= 4 is 17.6 Å². The SMILES string of the molecule is COc1cc([C@@H]2c3cc4c(cc3[C@H](OC(=O)CN3CCN(c5ccc(F)cc5)CC3)[C@H]3COC(=O)[C@H]23)OCO4)cc(OC)c1OC. The molecular formula is C34H35FN2O9. The molecule has 4 atom stereocenters. The van der Waals surface area contributed by atoms with Gasteiger partial charge >= 0.3 is 11.9 Å². The number of nitrogens with zero attached hydrogens (tertiary/aromatic N) is 2. The van der Waals surface area contributed by atoms with E-state index in [1.54, 1.807) is 26.4 Å². The lowest BCUT2D eigenvalue weighted by atomic mass is 9.66. The monoisotopic (exact) mass is 634 g/mol. The Hall–Kier alpha value is -4.71. The van der Waals surface area contributed by atoms with Gasteiger partial charge in [-0.2, -0.15) is 0 Å². The normalized spacial score (nSPS) is 23.3. The van der Waals surface area contributed by atoms with Crippen LogP contribution in [0, 0.1) is 17.7 Å². The first-order chi connectivity index (χ1) is 22.4. The number of hydrogen-bond acceptors (Lipinski definition) is 11. The van der Waals surface area contributed by atoms with Gasteiger partial charge in [0.25, 0.3) is 0 Å². The highest BCUT2D eigenvalue weighted by Crippen LogP contribution is 2.56. The zero-order valence-electron chi connectivity index (χ0n) is 25.8. The topological polar surface area (TPSA) is 105 Å². The first kappa shape index (κ1) is 30.0. The Labute approximate surface area is 265 Å². The molecule has 3 heterocycles. The van der Waals surface area contributed by atoms with E-state index in [1.807, 2.05) is 29.2 Å². The first-order valence-corrected chi connectivity index (χ1v) is 15.2. The fourth-order valence-corrected chi connectivity index (χ4v) is 7.12. The maximum absolute atomic E-state index is 13.5. The van der Waals surface area contributed by atoms with Crippen LogP contribution in [0.2, 0.25) is 0 Å². The number of halogens is 1. The minimum Gasteiger partial charge on any atom is -0.493 e. The van der Waals surface area contributed by atoms with E-state index in [1.165, 1.54) is 19.2 Å². The molecule has 0 aromatic heterocycles. The summed E-state index contributed by atoms with van der Waals surface area (Å²) in [5.41, 5.74) is 3.20. The maximum Gasteiger partial charge on any atom is 0.320 e. The second kappa shape index (κ2) is 12.2. The molecule has 242 valence electrons. The number of methoxy groups -OCH3 is 3. The number of esters is 2. The minimum absolute atomic E-state index is 0.0658. The summed E-state index contributed by atoms with van der Waals surface area (Å²) in [5, 5.41) is 0. The van der Waals surface area contributed by atoms with Crippen molar-refractivity contribution in [2.24, 2.45) is 11.8 Å². The van der Waals surface area contributed by atoms with Gasteiger partial charge in [-0.05, 0) is 59.7 Å². The van der Waals surface area contributed by atoms with Crippen LogP contribution in [0.5, 0.6) is 28.7 Å². The molecule has 0 spiro atoms. The van der Waals surface area contributed by atoms with Crippen LogP contribution < -0.4 is 28.6 Å². The average molecular weight is 635 g/mol. The summed E-state index contributed by atoms with van der Waals surface area (Å²) < 4.78 is 53.5. The number of piperazine rings is 1. The number of ether oxygens (including phenoxy) is 7. The summed E-state index contributed by atoms with van der Waals surface area (Å²) in [5.74, 6) is -0.169. The fraction of sp³-hybridized carbons (Fsp3) is 0.412. The Morgan fingerprint density at radius 2 is 1.52 bits per heavy atom. The van der Waals surface area contributed by atoms with Gasteiger partial charge in [-0.25, -0.2) is 4.39 Å². The number of rotatable bonds is 8. The molecule has 0 saturated carbocycles. The van der Waals surface area contributed by atoms with Crippen LogP contribution in [-0.2, 0) is 19.1 Å². The lowest BCUT2D eigenvalue weighted by Gasteiger charge is -2.39. The summed E-state index contributed by atoms with van der Waals surface area (Å²) in [4.78, 5) is 31.2. The molecule has 2 saturated heterocycles. The van der Waals surface area contributed by atoms with Gasteiger partial charge in [0.2, 0.25) is 12.5 Å². The molecule has 1 aliphatic carbocycles. The molecule has 12 heteroatoms. The van der Waals surface area contributed by atoms with E-state index in [0.29, 0.717) is 54.9 Å². The van der Waals surface area contributed by atoms with Crippen LogP contribution in [-0.4, -0.2) is 84.3 Å². The lowest BCUT2D eigenvalue weighted by molar-refractivity contribution is -0.156.